The summed E-state index contributed by atoms with van der Waals surface area (Å²) in [5.74, 6) is -0.0727. The molecule has 24 heavy (non-hydrogen) atoms. The third-order valence-corrected chi connectivity index (χ3v) is 5.38. The van der Waals surface area contributed by atoms with Crippen molar-refractivity contribution in [2.75, 3.05) is 7.11 Å². The second-order valence-electron chi connectivity index (χ2n) is 8.04. The van der Waals surface area contributed by atoms with E-state index in [1.165, 1.54) is 71.3 Å². The van der Waals surface area contributed by atoms with E-state index in [0.717, 1.165) is 12.8 Å². The van der Waals surface area contributed by atoms with Crippen molar-refractivity contribution in [2.24, 2.45) is 0 Å². The molecule has 0 aromatic heterocycles. The molecule has 0 aliphatic rings. The van der Waals surface area contributed by atoms with E-state index in [1.54, 1.807) is 0 Å². The molecule has 0 aliphatic heterocycles. The summed E-state index contributed by atoms with van der Waals surface area (Å²) < 4.78 is 10.7. The Morgan fingerprint density at radius 2 is 1.21 bits per heavy atom. The average Bonchev–Trinajstić information content (AvgIpc) is 2.49. The second-order valence-corrected chi connectivity index (χ2v) is 12.5. The predicted octanol–water partition coefficient (Wildman–Crippen LogP) is 6.47. The van der Waals surface area contributed by atoms with Crippen molar-refractivity contribution in [3.05, 3.63) is 0 Å². The zero-order valence-electron chi connectivity index (χ0n) is 17.0. The van der Waals surface area contributed by atoms with Crippen molar-refractivity contribution in [3.8, 4) is 0 Å². The van der Waals surface area contributed by atoms with Crippen LogP contribution < -0.4 is 0 Å². The molecule has 0 bridgehead atoms. The van der Waals surface area contributed by atoms with Crippen LogP contribution >= 0.6 is 0 Å². The smallest absolute Gasteiger partial charge is 0.305 e. The van der Waals surface area contributed by atoms with Gasteiger partial charge < -0.3 is 9.16 Å². The minimum Gasteiger partial charge on any atom is -0.469 e. The summed E-state index contributed by atoms with van der Waals surface area (Å²) in [6, 6.07) is 0. The monoisotopic (exact) mass is 358 g/mol. The normalized spacial score (nSPS) is 13.0. The highest BCUT2D eigenvalue weighted by atomic mass is 28.4. The standard InChI is InChI=1S/C20H42O3Si/c1-19(23-24(3,4)5)17-15-13-11-9-7-6-8-10-12-14-16-18-20(21)22-2/h19H,6-18H2,1-5H3. The van der Waals surface area contributed by atoms with Gasteiger partial charge in [0.1, 0.15) is 0 Å². The van der Waals surface area contributed by atoms with Gasteiger partial charge in [0.25, 0.3) is 0 Å². The first-order valence-electron chi connectivity index (χ1n) is 10.1. The van der Waals surface area contributed by atoms with Crippen LogP contribution in [0.2, 0.25) is 19.6 Å². The zero-order valence-corrected chi connectivity index (χ0v) is 18.0. The third kappa shape index (κ3) is 18.0. The molecule has 0 amide bonds. The van der Waals surface area contributed by atoms with Crippen LogP contribution in [0.25, 0.3) is 0 Å². The third-order valence-electron chi connectivity index (χ3n) is 4.27. The lowest BCUT2D eigenvalue weighted by molar-refractivity contribution is -0.140. The van der Waals surface area contributed by atoms with Crippen molar-refractivity contribution in [1.29, 1.82) is 0 Å². The maximum atomic E-state index is 11.0. The largest absolute Gasteiger partial charge is 0.469 e. The van der Waals surface area contributed by atoms with Gasteiger partial charge in [0.2, 0.25) is 0 Å². The van der Waals surface area contributed by atoms with E-state index in [1.807, 2.05) is 0 Å². The summed E-state index contributed by atoms with van der Waals surface area (Å²) in [6.45, 7) is 9.03. The lowest BCUT2D eigenvalue weighted by atomic mass is 10.0. The van der Waals surface area contributed by atoms with Crippen molar-refractivity contribution >= 4 is 14.3 Å². The van der Waals surface area contributed by atoms with Gasteiger partial charge in [-0.25, -0.2) is 0 Å². The molecule has 0 saturated carbocycles. The van der Waals surface area contributed by atoms with Crippen LogP contribution in [0.15, 0.2) is 0 Å². The molecule has 0 heterocycles. The van der Waals surface area contributed by atoms with Gasteiger partial charge in [0.15, 0.2) is 8.32 Å². The van der Waals surface area contributed by atoms with Crippen LogP contribution in [-0.2, 0) is 14.0 Å². The fourth-order valence-electron chi connectivity index (χ4n) is 3.06. The molecule has 0 N–H and O–H groups in total. The fourth-order valence-corrected chi connectivity index (χ4v) is 4.38. The number of rotatable bonds is 16. The van der Waals surface area contributed by atoms with E-state index < -0.39 is 8.32 Å². The Labute approximate surface area is 152 Å². The molecule has 0 aromatic rings. The first-order valence-corrected chi connectivity index (χ1v) is 13.5. The summed E-state index contributed by atoms with van der Waals surface area (Å²) in [6.07, 6.45) is 16.5. The molecule has 0 spiro atoms. The van der Waals surface area contributed by atoms with E-state index in [2.05, 4.69) is 31.3 Å². The number of esters is 1. The number of carbonyl (C=O) groups is 1. The SMILES string of the molecule is COC(=O)CCCCCCCCCCCCCC(C)O[Si](C)(C)C. The molecule has 3 nitrogen and oxygen atoms in total. The molecule has 0 radical (unpaired) electrons. The summed E-state index contributed by atoms with van der Waals surface area (Å²) in [5, 5.41) is 0. The highest BCUT2D eigenvalue weighted by molar-refractivity contribution is 6.69. The van der Waals surface area contributed by atoms with Gasteiger partial charge >= 0.3 is 5.97 Å². The summed E-state index contributed by atoms with van der Waals surface area (Å²) in [7, 11) is 0.109. The van der Waals surface area contributed by atoms with Crippen molar-refractivity contribution in [1.82, 2.24) is 0 Å². The number of ether oxygens (including phenoxy) is 1. The van der Waals surface area contributed by atoms with E-state index in [0.29, 0.717) is 12.5 Å². The van der Waals surface area contributed by atoms with Gasteiger partial charge in [-0.2, -0.15) is 0 Å². The van der Waals surface area contributed by atoms with E-state index in [4.69, 9.17) is 4.43 Å². The Balaban J connectivity index is 3.19. The Hall–Kier alpha value is -0.353. The van der Waals surface area contributed by atoms with E-state index in [-0.39, 0.29) is 5.97 Å². The second kappa shape index (κ2) is 14.9. The maximum absolute atomic E-state index is 11.0. The number of hydrogen-bond acceptors (Lipinski definition) is 3. The Morgan fingerprint density at radius 3 is 1.62 bits per heavy atom. The lowest BCUT2D eigenvalue weighted by Gasteiger charge is -2.23. The van der Waals surface area contributed by atoms with Crippen LogP contribution in [0.3, 0.4) is 0 Å². The summed E-state index contributed by atoms with van der Waals surface area (Å²) >= 11 is 0. The molecule has 1 unspecified atom stereocenters. The number of hydrogen-bond donors (Lipinski definition) is 0. The number of methoxy groups -OCH3 is 1. The molecule has 0 aromatic carbocycles. The highest BCUT2D eigenvalue weighted by Crippen LogP contribution is 2.15. The minimum absolute atomic E-state index is 0.0727. The molecule has 0 fully saturated rings. The summed E-state index contributed by atoms with van der Waals surface area (Å²) in [5.41, 5.74) is 0. The van der Waals surface area contributed by atoms with Crippen molar-refractivity contribution in [2.45, 2.75) is 116 Å². The molecule has 4 heteroatoms. The van der Waals surface area contributed by atoms with E-state index >= 15 is 0 Å². The topological polar surface area (TPSA) is 35.5 Å². The van der Waals surface area contributed by atoms with Crippen molar-refractivity contribution in [3.63, 3.8) is 0 Å². The van der Waals surface area contributed by atoms with Gasteiger partial charge in [-0.3, -0.25) is 4.79 Å². The Kier molecular flexibility index (Phi) is 14.7. The number of unbranched alkanes of at least 4 members (excludes halogenated alkanes) is 10. The Bertz CT molecular complexity index is 300. The lowest BCUT2D eigenvalue weighted by Crippen LogP contribution is -2.30. The van der Waals surface area contributed by atoms with Gasteiger partial charge in [0, 0.05) is 12.5 Å². The van der Waals surface area contributed by atoms with Crippen LogP contribution in [-0.4, -0.2) is 27.5 Å². The van der Waals surface area contributed by atoms with Gasteiger partial charge in [-0.1, -0.05) is 64.2 Å². The van der Waals surface area contributed by atoms with Gasteiger partial charge in [0.05, 0.1) is 7.11 Å². The molecule has 0 rings (SSSR count). The van der Waals surface area contributed by atoms with E-state index in [9.17, 15) is 4.79 Å². The molecule has 0 saturated heterocycles. The quantitative estimate of drug-likeness (QED) is 0.180. The highest BCUT2D eigenvalue weighted by Gasteiger charge is 2.17. The molecule has 1 atom stereocenters. The van der Waals surface area contributed by atoms with Gasteiger partial charge in [-0.15, -0.1) is 0 Å². The zero-order chi connectivity index (χ0) is 18.3. The van der Waals surface area contributed by atoms with Crippen LogP contribution in [0.5, 0.6) is 0 Å². The van der Waals surface area contributed by atoms with Crippen LogP contribution in [0, 0.1) is 0 Å². The minimum atomic E-state index is -1.35. The van der Waals surface area contributed by atoms with Gasteiger partial charge in [-0.05, 0) is 39.4 Å². The number of carbonyl (C=O) groups excluding carboxylic acids is 1. The molecule has 0 aliphatic carbocycles. The fraction of sp³-hybridized carbons (Fsp3) is 0.950. The first kappa shape index (κ1) is 23.6. The molecule has 144 valence electrons. The average molecular weight is 359 g/mol. The molecular weight excluding hydrogens is 316 g/mol. The summed E-state index contributed by atoms with van der Waals surface area (Å²) in [4.78, 5) is 11.0. The van der Waals surface area contributed by atoms with Crippen molar-refractivity contribution < 1.29 is 14.0 Å². The predicted molar refractivity (Wildman–Crippen MR) is 106 cm³/mol. The first-order chi connectivity index (χ1) is 11.3. The molecular formula is C20H42O3Si. The van der Waals surface area contributed by atoms with Crippen LogP contribution in [0.1, 0.15) is 90.4 Å². The Morgan fingerprint density at radius 1 is 0.792 bits per heavy atom. The maximum Gasteiger partial charge on any atom is 0.305 e. The van der Waals surface area contributed by atoms with Crippen LogP contribution in [0.4, 0.5) is 0 Å².